The first-order valence-electron chi connectivity index (χ1n) is 7.83. The second-order valence-electron chi connectivity index (χ2n) is 5.63. The van der Waals surface area contributed by atoms with E-state index in [1.165, 1.54) is 13.2 Å². The van der Waals surface area contributed by atoms with Gasteiger partial charge >= 0.3 is 0 Å². The minimum absolute atomic E-state index is 0.142. The maximum Gasteiger partial charge on any atom is 0.231 e. The normalized spacial score (nSPS) is 13.2. The van der Waals surface area contributed by atoms with Crippen molar-refractivity contribution in [1.82, 2.24) is 10.6 Å². The minimum atomic E-state index is -0.395. The van der Waals surface area contributed by atoms with Crippen LogP contribution in [0.5, 0.6) is 17.2 Å². The molecule has 3 rings (SSSR count). The average molecular weight is 362 g/mol. The van der Waals surface area contributed by atoms with E-state index in [-0.39, 0.29) is 18.6 Å². The molecular weight excluding hydrogens is 343 g/mol. The van der Waals surface area contributed by atoms with Crippen LogP contribution < -0.4 is 24.8 Å². The van der Waals surface area contributed by atoms with Crippen LogP contribution in [0.1, 0.15) is 24.1 Å². The van der Waals surface area contributed by atoms with Gasteiger partial charge in [0.2, 0.25) is 6.79 Å². The third kappa shape index (κ3) is 4.11. The van der Waals surface area contributed by atoms with Crippen LogP contribution in [0.15, 0.2) is 36.4 Å². The Morgan fingerprint density at radius 1 is 1.24 bits per heavy atom. The summed E-state index contributed by atoms with van der Waals surface area (Å²) in [5, 5.41) is 6.76. The number of thiocarbonyl (C=S) groups is 1. The zero-order chi connectivity index (χ0) is 17.8. The van der Waals surface area contributed by atoms with E-state index in [1.54, 1.807) is 12.1 Å². The van der Waals surface area contributed by atoms with Gasteiger partial charge in [-0.25, -0.2) is 4.39 Å². The molecule has 0 amide bonds. The smallest absolute Gasteiger partial charge is 0.231 e. The fourth-order valence-electron chi connectivity index (χ4n) is 2.52. The molecule has 2 aromatic carbocycles. The van der Waals surface area contributed by atoms with Gasteiger partial charge in [-0.15, -0.1) is 0 Å². The Labute approximate surface area is 151 Å². The van der Waals surface area contributed by atoms with Gasteiger partial charge in [-0.05, 0) is 54.5 Å². The fraction of sp³-hybridized carbons (Fsp3) is 0.278. The molecule has 0 saturated heterocycles. The molecule has 0 radical (unpaired) electrons. The van der Waals surface area contributed by atoms with E-state index in [0.717, 1.165) is 22.6 Å². The van der Waals surface area contributed by atoms with Gasteiger partial charge in [0.25, 0.3) is 0 Å². The number of methoxy groups -OCH3 is 1. The number of benzene rings is 2. The zero-order valence-electron chi connectivity index (χ0n) is 14.0. The van der Waals surface area contributed by atoms with E-state index in [4.69, 9.17) is 26.4 Å². The van der Waals surface area contributed by atoms with Crippen molar-refractivity contribution >= 4 is 17.3 Å². The first kappa shape index (κ1) is 17.3. The lowest BCUT2D eigenvalue weighted by molar-refractivity contribution is 0.174. The lowest BCUT2D eigenvalue weighted by atomic mass is 10.1. The number of ether oxygens (including phenoxy) is 3. The van der Waals surface area contributed by atoms with Crippen molar-refractivity contribution in [3.05, 3.63) is 53.3 Å². The molecule has 1 atom stereocenters. The van der Waals surface area contributed by atoms with Crippen molar-refractivity contribution in [2.24, 2.45) is 0 Å². The standard InChI is InChI=1S/C18H19FN2O3S/c1-11(13-4-6-15(22-2)14(19)8-13)21-18(25)20-9-12-3-5-16-17(7-12)24-10-23-16/h3-8,11H,9-10H2,1-2H3,(H2,20,21,25)/t11-/m0/s1. The molecule has 0 aliphatic carbocycles. The molecule has 7 heteroatoms. The molecule has 0 bridgehead atoms. The van der Waals surface area contributed by atoms with Crippen molar-refractivity contribution in [3.8, 4) is 17.2 Å². The Hall–Kier alpha value is -2.54. The zero-order valence-corrected chi connectivity index (χ0v) is 14.8. The van der Waals surface area contributed by atoms with Crippen molar-refractivity contribution in [3.63, 3.8) is 0 Å². The summed E-state index contributed by atoms with van der Waals surface area (Å²) in [5.41, 5.74) is 1.81. The van der Waals surface area contributed by atoms with Crippen LogP contribution in [0.4, 0.5) is 4.39 Å². The lowest BCUT2D eigenvalue weighted by Gasteiger charge is -2.18. The average Bonchev–Trinajstić information content (AvgIpc) is 3.07. The highest BCUT2D eigenvalue weighted by Crippen LogP contribution is 2.32. The van der Waals surface area contributed by atoms with Crippen LogP contribution in [0, 0.1) is 5.82 Å². The van der Waals surface area contributed by atoms with Gasteiger partial charge < -0.3 is 24.8 Å². The van der Waals surface area contributed by atoms with Crippen LogP contribution >= 0.6 is 12.2 Å². The lowest BCUT2D eigenvalue weighted by Crippen LogP contribution is -2.36. The molecule has 2 N–H and O–H groups in total. The van der Waals surface area contributed by atoms with E-state index < -0.39 is 5.82 Å². The molecule has 0 spiro atoms. The number of hydrogen-bond donors (Lipinski definition) is 2. The van der Waals surface area contributed by atoms with Gasteiger partial charge in [-0.3, -0.25) is 0 Å². The van der Waals surface area contributed by atoms with E-state index in [9.17, 15) is 4.39 Å². The van der Waals surface area contributed by atoms with E-state index >= 15 is 0 Å². The van der Waals surface area contributed by atoms with Gasteiger partial charge in [0.15, 0.2) is 28.2 Å². The molecule has 0 fully saturated rings. The van der Waals surface area contributed by atoms with Crippen LogP contribution in [-0.2, 0) is 6.54 Å². The van der Waals surface area contributed by atoms with Crippen LogP contribution in [0.3, 0.4) is 0 Å². The topological polar surface area (TPSA) is 51.8 Å². The molecule has 132 valence electrons. The van der Waals surface area contributed by atoms with Gasteiger partial charge in [0.1, 0.15) is 0 Å². The van der Waals surface area contributed by atoms with Gasteiger partial charge in [0, 0.05) is 6.54 Å². The number of hydrogen-bond acceptors (Lipinski definition) is 4. The Kier molecular flexibility index (Phi) is 5.23. The quantitative estimate of drug-likeness (QED) is 0.796. The van der Waals surface area contributed by atoms with E-state index in [2.05, 4.69) is 10.6 Å². The molecule has 25 heavy (non-hydrogen) atoms. The second-order valence-corrected chi connectivity index (χ2v) is 6.04. The van der Waals surface area contributed by atoms with Gasteiger partial charge in [-0.1, -0.05) is 12.1 Å². The molecule has 2 aromatic rings. The number of nitrogens with one attached hydrogen (secondary N) is 2. The van der Waals surface area contributed by atoms with E-state index in [1.807, 2.05) is 25.1 Å². The maximum atomic E-state index is 13.8. The van der Waals surface area contributed by atoms with Crippen molar-refractivity contribution in [2.75, 3.05) is 13.9 Å². The Morgan fingerprint density at radius 2 is 2.04 bits per heavy atom. The first-order chi connectivity index (χ1) is 12.1. The number of halogens is 1. The summed E-state index contributed by atoms with van der Waals surface area (Å²) < 4.78 is 29.4. The fourth-order valence-corrected chi connectivity index (χ4v) is 2.77. The molecule has 0 aromatic heterocycles. The molecule has 0 saturated carbocycles. The van der Waals surface area contributed by atoms with Crippen molar-refractivity contribution in [1.29, 1.82) is 0 Å². The maximum absolute atomic E-state index is 13.8. The van der Waals surface area contributed by atoms with Gasteiger partial charge in [-0.2, -0.15) is 0 Å². The summed E-state index contributed by atoms with van der Waals surface area (Å²) in [6, 6.07) is 10.4. The molecule has 1 heterocycles. The highest BCUT2D eigenvalue weighted by atomic mass is 32.1. The first-order valence-corrected chi connectivity index (χ1v) is 8.24. The Bertz CT molecular complexity index is 785. The summed E-state index contributed by atoms with van der Waals surface area (Å²) in [6.07, 6.45) is 0. The highest BCUT2D eigenvalue weighted by molar-refractivity contribution is 7.80. The summed E-state index contributed by atoms with van der Waals surface area (Å²) in [5.74, 6) is 1.31. The van der Waals surface area contributed by atoms with Gasteiger partial charge in [0.05, 0.1) is 13.2 Å². The predicted octanol–water partition coefficient (Wildman–Crippen LogP) is 3.29. The molecule has 5 nitrogen and oxygen atoms in total. The number of rotatable bonds is 5. The third-order valence-electron chi connectivity index (χ3n) is 3.91. The van der Waals surface area contributed by atoms with Crippen molar-refractivity contribution in [2.45, 2.75) is 19.5 Å². The SMILES string of the molecule is COc1ccc([C@H](C)NC(=S)NCc2ccc3c(c2)OCO3)cc1F. The molecule has 0 unspecified atom stereocenters. The number of fused-ring (bicyclic) bond motifs is 1. The second kappa shape index (κ2) is 7.57. The highest BCUT2D eigenvalue weighted by Gasteiger charge is 2.14. The van der Waals surface area contributed by atoms with Crippen LogP contribution in [-0.4, -0.2) is 19.0 Å². The largest absolute Gasteiger partial charge is 0.494 e. The third-order valence-corrected chi connectivity index (χ3v) is 4.18. The molecular formula is C18H19FN2O3S. The predicted molar refractivity (Wildman–Crippen MR) is 96.5 cm³/mol. The van der Waals surface area contributed by atoms with E-state index in [0.29, 0.717) is 11.7 Å². The minimum Gasteiger partial charge on any atom is -0.494 e. The summed E-state index contributed by atoms with van der Waals surface area (Å²) in [4.78, 5) is 0. The van der Waals surface area contributed by atoms with Crippen molar-refractivity contribution < 1.29 is 18.6 Å². The van der Waals surface area contributed by atoms with Crippen LogP contribution in [0.2, 0.25) is 0 Å². The monoisotopic (exact) mass is 362 g/mol. The summed E-state index contributed by atoms with van der Waals surface area (Å²) in [7, 11) is 1.44. The molecule has 1 aliphatic heterocycles. The van der Waals surface area contributed by atoms with Crippen LogP contribution in [0.25, 0.3) is 0 Å². The Balaban J connectivity index is 1.54. The molecule has 1 aliphatic rings. The Morgan fingerprint density at radius 3 is 2.80 bits per heavy atom. The summed E-state index contributed by atoms with van der Waals surface area (Å²) in [6.45, 7) is 2.71. The summed E-state index contributed by atoms with van der Waals surface area (Å²) >= 11 is 5.31.